The summed E-state index contributed by atoms with van der Waals surface area (Å²) in [7, 11) is 0. The maximum Gasteiger partial charge on any atom is 0.250 e. The van der Waals surface area contributed by atoms with Crippen LogP contribution in [0.1, 0.15) is 18.1 Å². The van der Waals surface area contributed by atoms with Crippen LogP contribution in [0.2, 0.25) is 5.02 Å². The van der Waals surface area contributed by atoms with Crippen LogP contribution < -0.4 is 10.6 Å². The molecule has 1 spiro atoms. The number of amides is 3. The van der Waals surface area contributed by atoms with E-state index < -0.39 is 17.4 Å². The van der Waals surface area contributed by atoms with Crippen molar-refractivity contribution in [3.8, 4) is 0 Å². The number of likely N-dealkylation sites (tertiary alicyclic amines) is 1. The predicted molar refractivity (Wildman–Crippen MR) is 103 cm³/mol. The first-order chi connectivity index (χ1) is 13.4. The smallest absolute Gasteiger partial charge is 0.250 e. The summed E-state index contributed by atoms with van der Waals surface area (Å²) in [4.78, 5) is 40.9. The van der Waals surface area contributed by atoms with Gasteiger partial charge < -0.3 is 5.32 Å². The molecule has 3 amide bonds. The highest BCUT2D eigenvalue weighted by Gasteiger charge is 2.69. The lowest BCUT2D eigenvalue weighted by Gasteiger charge is -2.29. The number of anilines is 1. The molecule has 0 saturated carbocycles. The van der Waals surface area contributed by atoms with Crippen LogP contribution in [0.15, 0.2) is 48.5 Å². The van der Waals surface area contributed by atoms with E-state index in [0.717, 1.165) is 5.56 Å². The normalized spacial score (nSPS) is 30.7. The van der Waals surface area contributed by atoms with E-state index >= 15 is 0 Å². The lowest BCUT2D eigenvalue weighted by atomic mass is 9.76. The van der Waals surface area contributed by atoms with Gasteiger partial charge in [-0.15, -0.1) is 0 Å². The van der Waals surface area contributed by atoms with Gasteiger partial charge in [0, 0.05) is 22.3 Å². The van der Waals surface area contributed by atoms with Gasteiger partial charge in [-0.05, 0) is 24.6 Å². The van der Waals surface area contributed by atoms with Crippen LogP contribution in [0.25, 0.3) is 0 Å². The molecule has 2 saturated heterocycles. The first kappa shape index (κ1) is 17.4. The van der Waals surface area contributed by atoms with Crippen molar-refractivity contribution >= 4 is 35.0 Å². The molecule has 0 unspecified atom stereocenters. The molecular weight excluding hydrogens is 378 g/mol. The zero-order chi connectivity index (χ0) is 19.6. The Balaban J connectivity index is 1.58. The molecule has 28 heavy (non-hydrogen) atoms. The van der Waals surface area contributed by atoms with Crippen LogP contribution in [0, 0.1) is 11.8 Å². The summed E-state index contributed by atoms with van der Waals surface area (Å²) in [5, 5.41) is 6.66. The molecule has 2 aromatic rings. The average Bonchev–Trinajstić information content (AvgIpc) is 3.23. The second-order valence-corrected chi connectivity index (χ2v) is 8.01. The number of para-hydroxylation sites is 1. The molecule has 0 radical (unpaired) electrons. The quantitative estimate of drug-likeness (QED) is 0.765. The number of carbonyl (C=O) groups is 3. The number of hydrogen-bond donors (Lipinski definition) is 2. The number of imide groups is 1. The zero-order valence-electron chi connectivity index (χ0n) is 15.1. The highest BCUT2D eigenvalue weighted by molar-refractivity contribution is 6.31. The topological polar surface area (TPSA) is 78.5 Å². The largest absolute Gasteiger partial charge is 0.324 e. The van der Waals surface area contributed by atoms with Gasteiger partial charge in [-0.25, -0.2) is 0 Å². The van der Waals surface area contributed by atoms with E-state index in [-0.39, 0.29) is 30.3 Å². The van der Waals surface area contributed by atoms with Gasteiger partial charge in [0.2, 0.25) is 17.7 Å². The number of nitrogens with one attached hydrogen (secondary N) is 2. The van der Waals surface area contributed by atoms with Crippen molar-refractivity contribution in [3.63, 3.8) is 0 Å². The van der Waals surface area contributed by atoms with E-state index in [0.29, 0.717) is 16.3 Å². The molecule has 2 aromatic carbocycles. The molecule has 4 atom stereocenters. The summed E-state index contributed by atoms with van der Waals surface area (Å²) in [6.45, 7) is 1.96. The number of hydrogen-bond acceptors (Lipinski definition) is 4. The third-order valence-electron chi connectivity index (χ3n) is 6.15. The number of nitrogens with zero attached hydrogens (tertiary/aromatic N) is 1. The molecular formula is C21H18ClN3O3. The van der Waals surface area contributed by atoms with Crippen molar-refractivity contribution in [1.82, 2.24) is 10.2 Å². The maximum absolute atomic E-state index is 13.4. The minimum absolute atomic E-state index is 0.108. The second-order valence-electron chi connectivity index (χ2n) is 7.60. The number of rotatable bonds is 2. The molecule has 2 N–H and O–H groups in total. The van der Waals surface area contributed by atoms with Gasteiger partial charge in [0.1, 0.15) is 5.54 Å². The molecule has 0 bridgehead atoms. The second kappa shape index (κ2) is 5.90. The Labute approximate surface area is 166 Å². The molecule has 3 heterocycles. The minimum Gasteiger partial charge on any atom is -0.324 e. The fourth-order valence-corrected chi connectivity index (χ4v) is 5.13. The lowest BCUT2D eigenvalue weighted by molar-refractivity contribution is -0.143. The zero-order valence-corrected chi connectivity index (χ0v) is 15.9. The lowest BCUT2D eigenvalue weighted by Crippen LogP contribution is -2.52. The van der Waals surface area contributed by atoms with Crippen LogP contribution in [0.3, 0.4) is 0 Å². The van der Waals surface area contributed by atoms with Crippen molar-refractivity contribution in [1.29, 1.82) is 0 Å². The minimum atomic E-state index is -1.22. The number of halogens is 1. The first-order valence-electron chi connectivity index (χ1n) is 9.22. The van der Waals surface area contributed by atoms with Gasteiger partial charge in [0.25, 0.3) is 0 Å². The van der Waals surface area contributed by atoms with Gasteiger partial charge in [0.05, 0.1) is 18.4 Å². The van der Waals surface area contributed by atoms with Gasteiger partial charge in [-0.3, -0.25) is 24.6 Å². The molecule has 3 aliphatic rings. The fourth-order valence-electron chi connectivity index (χ4n) is 4.93. The molecule has 6 nitrogen and oxygen atoms in total. The first-order valence-corrected chi connectivity index (χ1v) is 9.60. The van der Waals surface area contributed by atoms with Gasteiger partial charge in [-0.2, -0.15) is 0 Å². The number of fused-ring (bicyclic) bond motifs is 4. The molecule has 0 aliphatic carbocycles. The summed E-state index contributed by atoms with van der Waals surface area (Å²) >= 11 is 6.23. The average molecular weight is 396 g/mol. The van der Waals surface area contributed by atoms with Gasteiger partial charge >= 0.3 is 0 Å². The summed E-state index contributed by atoms with van der Waals surface area (Å²) in [6, 6.07) is 14.2. The van der Waals surface area contributed by atoms with E-state index in [1.807, 2.05) is 37.3 Å². The molecule has 142 valence electrons. The monoisotopic (exact) mass is 395 g/mol. The Morgan fingerprint density at radius 1 is 1.04 bits per heavy atom. The van der Waals surface area contributed by atoms with Crippen LogP contribution in [-0.2, 0) is 26.5 Å². The standard InChI is InChI=1S/C21H18ClN3O3/c1-11-16-17(21(24-11)13-7-3-5-9-15(13)23-20(21)28)19(27)25(18(16)26)10-12-6-2-4-8-14(12)22/h2-9,11,16-17,24H,10H2,1H3,(H,23,28)/t11-,16+,17+,21-/m1/s1. The summed E-state index contributed by atoms with van der Waals surface area (Å²) in [5.74, 6) is -2.25. The molecule has 7 heteroatoms. The van der Waals surface area contributed by atoms with E-state index in [9.17, 15) is 14.4 Å². The number of benzene rings is 2. The third kappa shape index (κ3) is 2.10. The van der Waals surface area contributed by atoms with Crippen molar-refractivity contribution in [2.75, 3.05) is 5.32 Å². The van der Waals surface area contributed by atoms with Crippen LogP contribution in [0.4, 0.5) is 5.69 Å². The van der Waals surface area contributed by atoms with Crippen LogP contribution >= 0.6 is 11.6 Å². The Kier molecular flexibility index (Phi) is 3.66. The van der Waals surface area contributed by atoms with Gasteiger partial charge in [-0.1, -0.05) is 48.0 Å². The van der Waals surface area contributed by atoms with E-state index in [1.165, 1.54) is 4.90 Å². The Bertz CT molecular complexity index is 1040. The molecule has 5 rings (SSSR count). The van der Waals surface area contributed by atoms with Crippen LogP contribution in [0.5, 0.6) is 0 Å². The van der Waals surface area contributed by atoms with Gasteiger partial charge in [0.15, 0.2) is 0 Å². The van der Waals surface area contributed by atoms with E-state index in [2.05, 4.69) is 10.6 Å². The van der Waals surface area contributed by atoms with Crippen molar-refractivity contribution in [2.45, 2.75) is 25.0 Å². The van der Waals surface area contributed by atoms with Crippen molar-refractivity contribution in [3.05, 3.63) is 64.7 Å². The van der Waals surface area contributed by atoms with Crippen molar-refractivity contribution in [2.24, 2.45) is 11.8 Å². The van der Waals surface area contributed by atoms with E-state index in [1.54, 1.807) is 18.2 Å². The third-order valence-corrected chi connectivity index (χ3v) is 6.52. The highest BCUT2D eigenvalue weighted by Crippen LogP contribution is 2.52. The fraction of sp³-hybridized carbons (Fsp3) is 0.286. The summed E-state index contributed by atoms with van der Waals surface area (Å²) in [6.07, 6.45) is 0. The molecule has 0 aromatic heterocycles. The highest BCUT2D eigenvalue weighted by atomic mass is 35.5. The Hall–Kier alpha value is -2.70. The summed E-state index contributed by atoms with van der Waals surface area (Å²) in [5.41, 5.74) is 0.886. The van der Waals surface area contributed by atoms with Crippen LogP contribution in [-0.4, -0.2) is 28.7 Å². The maximum atomic E-state index is 13.4. The SMILES string of the molecule is C[C@H]1N[C@@]2(C(=O)Nc3ccccc32)[C@@H]2C(=O)N(Cc3ccccc3Cl)C(=O)[C@H]21. The van der Waals surface area contributed by atoms with E-state index in [4.69, 9.17) is 11.6 Å². The molecule has 2 fully saturated rings. The Morgan fingerprint density at radius 3 is 2.54 bits per heavy atom. The Morgan fingerprint density at radius 2 is 1.75 bits per heavy atom. The predicted octanol–water partition coefficient (Wildman–Crippen LogP) is 2.28. The molecule has 3 aliphatic heterocycles. The summed E-state index contributed by atoms with van der Waals surface area (Å²) < 4.78 is 0. The van der Waals surface area contributed by atoms with Crippen molar-refractivity contribution < 1.29 is 14.4 Å². The number of carbonyl (C=O) groups excluding carboxylic acids is 3.